The highest BCUT2D eigenvalue weighted by atomic mass is 32.1. The van der Waals surface area contributed by atoms with Crippen LogP contribution in [0.4, 0.5) is 4.79 Å². The minimum absolute atomic E-state index is 0.00714. The van der Waals surface area contributed by atoms with Gasteiger partial charge >= 0.3 is 6.03 Å². The van der Waals surface area contributed by atoms with Crippen molar-refractivity contribution in [2.75, 3.05) is 13.1 Å². The number of thiazole rings is 1. The van der Waals surface area contributed by atoms with Crippen molar-refractivity contribution in [2.24, 2.45) is 0 Å². The van der Waals surface area contributed by atoms with Crippen LogP contribution < -0.4 is 10.1 Å². The number of amides is 2. The number of aromatic nitrogens is 1. The van der Waals surface area contributed by atoms with Gasteiger partial charge < -0.3 is 15.0 Å². The summed E-state index contributed by atoms with van der Waals surface area (Å²) in [7, 11) is 0. The van der Waals surface area contributed by atoms with Crippen LogP contribution in [0.5, 0.6) is 5.19 Å². The summed E-state index contributed by atoms with van der Waals surface area (Å²) < 4.78 is 7.19. The van der Waals surface area contributed by atoms with Crippen LogP contribution in [0.3, 0.4) is 0 Å². The molecule has 0 radical (unpaired) electrons. The van der Waals surface area contributed by atoms with Crippen LogP contribution in [-0.2, 0) is 6.54 Å². The molecule has 134 valence electrons. The quantitative estimate of drug-likeness (QED) is 0.757. The normalized spacial score (nSPS) is 15.2. The second kappa shape index (κ2) is 7.74. The number of nitrogens with zero attached hydrogens (tertiary/aromatic N) is 2. The van der Waals surface area contributed by atoms with Crippen molar-refractivity contribution in [3.8, 4) is 5.19 Å². The topological polar surface area (TPSA) is 54.5 Å². The minimum Gasteiger partial charge on any atom is -0.467 e. The highest BCUT2D eigenvalue weighted by Crippen LogP contribution is 2.29. The lowest BCUT2D eigenvalue weighted by Crippen LogP contribution is -2.46. The number of nitrogens with one attached hydrogen (secondary N) is 1. The molecule has 0 spiro atoms. The highest BCUT2D eigenvalue weighted by molar-refractivity contribution is 7.20. The maximum atomic E-state index is 12.3. The molecule has 2 amide bonds. The molecule has 1 fully saturated rings. The van der Waals surface area contributed by atoms with Gasteiger partial charge in [-0.3, -0.25) is 0 Å². The predicted molar refractivity (Wildman–Crippen MR) is 104 cm³/mol. The fourth-order valence-electron chi connectivity index (χ4n) is 3.11. The van der Waals surface area contributed by atoms with Crippen molar-refractivity contribution in [1.82, 2.24) is 15.2 Å². The van der Waals surface area contributed by atoms with Gasteiger partial charge in [0.05, 0.1) is 10.2 Å². The molecule has 1 saturated heterocycles. The summed E-state index contributed by atoms with van der Waals surface area (Å²) in [5.41, 5.74) is 2.08. The lowest BCUT2D eigenvalue weighted by Gasteiger charge is -2.31. The van der Waals surface area contributed by atoms with E-state index in [1.54, 1.807) is 11.3 Å². The Morgan fingerprint density at radius 2 is 1.85 bits per heavy atom. The van der Waals surface area contributed by atoms with Crippen LogP contribution >= 0.6 is 11.3 Å². The number of benzene rings is 2. The van der Waals surface area contributed by atoms with Crippen LogP contribution in [0.15, 0.2) is 54.6 Å². The average molecular weight is 367 g/mol. The van der Waals surface area contributed by atoms with E-state index in [1.807, 2.05) is 53.4 Å². The molecule has 3 aromatic rings. The predicted octanol–water partition coefficient (Wildman–Crippen LogP) is 4.05. The second-order valence-corrected chi connectivity index (χ2v) is 7.39. The van der Waals surface area contributed by atoms with E-state index in [4.69, 9.17) is 4.74 Å². The van der Waals surface area contributed by atoms with Crippen molar-refractivity contribution in [2.45, 2.75) is 25.5 Å². The van der Waals surface area contributed by atoms with Crippen molar-refractivity contribution in [3.05, 3.63) is 60.2 Å². The fourth-order valence-corrected chi connectivity index (χ4v) is 3.99. The molecule has 4 rings (SSSR count). The number of fused-ring (bicyclic) bond motifs is 1. The molecule has 0 aliphatic carbocycles. The van der Waals surface area contributed by atoms with E-state index in [2.05, 4.69) is 16.4 Å². The van der Waals surface area contributed by atoms with Crippen molar-refractivity contribution in [3.63, 3.8) is 0 Å². The molecular formula is C20H21N3O2S. The Bertz CT molecular complexity index is 840. The third kappa shape index (κ3) is 3.96. The number of piperidine rings is 1. The van der Waals surface area contributed by atoms with E-state index >= 15 is 0 Å². The number of carbonyl (C=O) groups excluding carboxylic acids is 1. The summed E-state index contributed by atoms with van der Waals surface area (Å²) in [5.74, 6) is 0. The first kappa shape index (κ1) is 16.8. The SMILES string of the molecule is O=C(NCc1ccccc1)N1CCC(Oc2nc3ccccc3s2)CC1. The smallest absolute Gasteiger partial charge is 0.317 e. The van der Waals surface area contributed by atoms with Crippen LogP contribution in [0.25, 0.3) is 10.2 Å². The first-order valence-electron chi connectivity index (χ1n) is 8.87. The molecule has 6 heteroatoms. The Kier molecular flexibility index (Phi) is 5.02. The average Bonchev–Trinajstić information content (AvgIpc) is 3.10. The Balaban J connectivity index is 1.26. The van der Waals surface area contributed by atoms with Crippen LogP contribution in [-0.4, -0.2) is 35.1 Å². The van der Waals surface area contributed by atoms with Crippen LogP contribution in [0.1, 0.15) is 18.4 Å². The number of ether oxygens (including phenoxy) is 1. The third-order valence-corrected chi connectivity index (χ3v) is 5.48. The van der Waals surface area contributed by atoms with Gasteiger partial charge in [-0.15, -0.1) is 0 Å². The number of hydrogen-bond donors (Lipinski definition) is 1. The van der Waals surface area contributed by atoms with Crippen molar-refractivity contribution >= 4 is 27.6 Å². The van der Waals surface area contributed by atoms with Gasteiger partial charge in [0.15, 0.2) is 0 Å². The number of carbonyl (C=O) groups is 1. The molecule has 5 nitrogen and oxygen atoms in total. The summed E-state index contributed by atoms with van der Waals surface area (Å²) in [6.07, 6.45) is 1.78. The van der Waals surface area contributed by atoms with Gasteiger partial charge in [-0.1, -0.05) is 53.8 Å². The fraction of sp³-hybridized carbons (Fsp3) is 0.300. The second-order valence-electron chi connectivity index (χ2n) is 6.40. The molecule has 2 heterocycles. The van der Waals surface area contributed by atoms with E-state index < -0.39 is 0 Å². The van der Waals surface area contributed by atoms with E-state index in [0.717, 1.165) is 33.8 Å². The number of para-hydroxylation sites is 1. The molecule has 0 bridgehead atoms. The molecule has 1 aromatic heterocycles. The summed E-state index contributed by atoms with van der Waals surface area (Å²) >= 11 is 1.58. The first-order valence-corrected chi connectivity index (χ1v) is 9.68. The number of hydrogen-bond acceptors (Lipinski definition) is 4. The zero-order valence-electron chi connectivity index (χ0n) is 14.4. The van der Waals surface area contributed by atoms with E-state index in [-0.39, 0.29) is 12.1 Å². The van der Waals surface area contributed by atoms with Crippen molar-refractivity contribution in [1.29, 1.82) is 0 Å². The molecule has 1 aliphatic heterocycles. The van der Waals surface area contributed by atoms with Gasteiger partial charge in [0.1, 0.15) is 6.10 Å². The summed E-state index contributed by atoms with van der Waals surface area (Å²) in [6, 6.07) is 18.0. The summed E-state index contributed by atoms with van der Waals surface area (Å²) in [4.78, 5) is 18.7. The van der Waals surface area contributed by atoms with Gasteiger partial charge in [0.25, 0.3) is 5.19 Å². The lowest BCUT2D eigenvalue weighted by atomic mass is 10.1. The Labute approximate surface area is 156 Å². The number of likely N-dealkylation sites (tertiary alicyclic amines) is 1. The molecule has 1 N–H and O–H groups in total. The molecule has 1 aliphatic rings. The highest BCUT2D eigenvalue weighted by Gasteiger charge is 2.24. The summed E-state index contributed by atoms with van der Waals surface area (Å²) in [6.45, 7) is 1.97. The van der Waals surface area contributed by atoms with Gasteiger partial charge in [0.2, 0.25) is 0 Å². The van der Waals surface area contributed by atoms with Crippen molar-refractivity contribution < 1.29 is 9.53 Å². The number of rotatable bonds is 4. The zero-order valence-corrected chi connectivity index (χ0v) is 15.2. The number of urea groups is 1. The molecule has 0 saturated carbocycles. The van der Waals surface area contributed by atoms with Crippen LogP contribution in [0.2, 0.25) is 0 Å². The Morgan fingerprint density at radius 3 is 2.62 bits per heavy atom. The Hall–Kier alpha value is -2.60. The maximum absolute atomic E-state index is 12.3. The molecule has 26 heavy (non-hydrogen) atoms. The van der Waals surface area contributed by atoms with Gasteiger partial charge in [-0.2, -0.15) is 0 Å². The van der Waals surface area contributed by atoms with Crippen LogP contribution in [0, 0.1) is 0 Å². The molecule has 0 atom stereocenters. The van der Waals surface area contributed by atoms with E-state index in [0.29, 0.717) is 19.6 Å². The minimum atomic E-state index is -0.00714. The van der Waals surface area contributed by atoms with Gasteiger partial charge in [0, 0.05) is 32.5 Å². The molecular weight excluding hydrogens is 346 g/mol. The third-order valence-electron chi connectivity index (χ3n) is 4.56. The van der Waals surface area contributed by atoms with Gasteiger partial charge in [-0.25, -0.2) is 9.78 Å². The summed E-state index contributed by atoms with van der Waals surface area (Å²) in [5, 5.41) is 3.71. The van der Waals surface area contributed by atoms with E-state index in [1.165, 1.54) is 0 Å². The zero-order chi connectivity index (χ0) is 17.8. The first-order chi connectivity index (χ1) is 12.8. The standard InChI is InChI=1S/C20H21N3O2S/c24-19(21-14-15-6-2-1-3-7-15)23-12-10-16(11-13-23)25-20-22-17-8-4-5-9-18(17)26-20/h1-9,16H,10-14H2,(H,21,24). The molecule has 2 aromatic carbocycles. The maximum Gasteiger partial charge on any atom is 0.317 e. The Morgan fingerprint density at radius 1 is 1.12 bits per heavy atom. The lowest BCUT2D eigenvalue weighted by molar-refractivity contribution is 0.111. The molecule has 0 unspecified atom stereocenters. The van der Waals surface area contributed by atoms with E-state index in [9.17, 15) is 4.79 Å². The largest absolute Gasteiger partial charge is 0.467 e. The van der Waals surface area contributed by atoms with Gasteiger partial charge in [-0.05, 0) is 17.7 Å². The monoisotopic (exact) mass is 367 g/mol.